The van der Waals surface area contributed by atoms with E-state index in [-0.39, 0.29) is 5.56 Å². The fraction of sp³-hybridized carbons (Fsp3) is 0.762. The predicted molar refractivity (Wildman–Crippen MR) is 295 cm³/mol. The summed E-state index contributed by atoms with van der Waals surface area (Å²) in [5.74, 6) is 1.23. The van der Waals surface area contributed by atoms with Crippen LogP contribution in [0.3, 0.4) is 0 Å². The number of aromatic nitrogens is 2. The van der Waals surface area contributed by atoms with Gasteiger partial charge < -0.3 is 4.40 Å². The van der Waals surface area contributed by atoms with Gasteiger partial charge >= 0.3 is 0 Å². The molecule has 0 fully saturated rings. The van der Waals surface area contributed by atoms with Gasteiger partial charge in [-0.1, -0.05) is 291 Å². The average Bonchev–Trinajstić information content (AvgIpc) is 4.03. The lowest BCUT2D eigenvalue weighted by Crippen LogP contribution is -2.25. The fourth-order valence-corrected chi connectivity index (χ4v) is 11.7. The van der Waals surface area contributed by atoms with Gasteiger partial charge in [0, 0.05) is 28.6 Å². The van der Waals surface area contributed by atoms with E-state index >= 15 is 0 Å². The van der Waals surface area contributed by atoms with Crippen molar-refractivity contribution >= 4 is 28.4 Å². The minimum atomic E-state index is 0.177. The van der Waals surface area contributed by atoms with Crippen LogP contribution in [0.5, 0.6) is 0 Å². The summed E-state index contributed by atoms with van der Waals surface area (Å²) in [6.45, 7) is 14.1. The highest BCUT2D eigenvalue weighted by atomic mass is 16.1. The third-order valence-electron chi connectivity index (χ3n) is 15.8. The molecule has 0 radical (unpaired) electrons. The van der Waals surface area contributed by atoms with E-state index in [0.29, 0.717) is 11.8 Å². The molecule has 3 nitrogen and oxygen atoms in total. The maximum absolute atomic E-state index is 15.0. The zero-order valence-corrected chi connectivity index (χ0v) is 44.3. The van der Waals surface area contributed by atoms with Gasteiger partial charge in [-0.05, 0) is 60.1 Å². The minimum absolute atomic E-state index is 0.177. The maximum Gasteiger partial charge on any atom is 0.263 e. The van der Waals surface area contributed by atoms with Gasteiger partial charge in [0.2, 0.25) is 0 Å². The van der Waals surface area contributed by atoms with Crippen LogP contribution in [0.25, 0.3) is 28.4 Å². The molecule has 4 aromatic rings. The Bertz CT molecular complexity index is 1760. The molecule has 4 aromatic heterocycles. The number of hydrogen-bond acceptors (Lipinski definition) is 1. The smallest absolute Gasteiger partial charge is 0.263 e. The molecule has 0 aliphatic rings. The first-order chi connectivity index (χ1) is 32.5. The van der Waals surface area contributed by atoms with Crippen molar-refractivity contribution < 1.29 is 0 Å². The normalized spacial score (nSPS) is 13.0. The average molecular weight is 908 g/mol. The Morgan fingerprint density at radius 2 is 0.652 bits per heavy atom. The third-order valence-corrected chi connectivity index (χ3v) is 15.8. The zero-order valence-electron chi connectivity index (χ0n) is 44.3. The summed E-state index contributed by atoms with van der Waals surface area (Å²) in [5.41, 5.74) is 5.21. The molecule has 66 heavy (non-hydrogen) atoms. The fourth-order valence-electron chi connectivity index (χ4n) is 11.7. The van der Waals surface area contributed by atoms with E-state index in [0.717, 1.165) is 29.1 Å². The summed E-state index contributed by atoms with van der Waals surface area (Å²) in [6.07, 6.45) is 61.0. The molecule has 0 aliphatic heterocycles. The first kappa shape index (κ1) is 56.0. The molecule has 3 heteroatoms. The summed E-state index contributed by atoms with van der Waals surface area (Å²) in [6, 6.07) is 8.85. The van der Waals surface area contributed by atoms with Crippen molar-refractivity contribution in [2.24, 2.45) is 11.8 Å². The highest BCUT2D eigenvalue weighted by Gasteiger charge is 2.24. The summed E-state index contributed by atoms with van der Waals surface area (Å²) in [5, 5.41) is 3.18. The van der Waals surface area contributed by atoms with Crippen LogP contribution >= 0.6 is 0 Å². The molecule has 0 saturated heterocycles. The molecule has 0 N–H and O–H groups in total. The molecule has 2 atom stereocenters. The number of pyridine rings is 2. The Labute approximate surface area is 408 Å². The van der Waals surface area contributed by atoms with E-state index in [1.165, 1.54) is 279 Å². The SMILES string of the molecule is C=c1c2c(CC(CCCCCCCCCC)CCCCCCCCCCCC)c3cccn3c(=O)c2c(CC(CCCCCCCCCC)CCCCCCCCCCCC)c2cccn12. The minimum Gasteiger partial charge on any atom is -0.317 e. The summed E-state index contributed by atoms with van der Waals surface area (Å²) < 4.78 is 4.40. The Morgan fingerprint density at radius 1 is 0.379 bits per heavy atom. The van der Waals surface area contributed by atoms with Crippen LogP contribution in [0.2, 0.25) is 0 Å². The first-order valence-corrected chi connectivity index (χ1v) is 29.6. The maximum atomic E-state index is 15.0. The molecule has 0 aromatic carbocycles. The molecule has 0 spiro atoms. The standard InChI is InChI=1S/C63H106N2O/c1-6-10-14-18-22-26-28-32-36-39-45-55(44-38-34-30-24-20-16-12-8-3)52-57-60-49-43-51-65(60)63(66)62-58(59-48-42-50-64(59)54(5)61(57)62)53-56(46-40-35-31-25-21-17-13-9-4)47-41-37-33-29-27-23-19-15-11-7-2/h42-43,48-51,55-56H,5-41,44-47,52-53H2,1-4H3. The Kier molecular flexibility index (Phi) is 30.2. The molecular weight excluding hydrogens is 801 g/mol. The van der Waals surface area contributed by atoms with Gasteiger partial charge in [0.1, 0.15) is 0 Å². The first-order valence-electron chi connectivity index (χ1n) is 29.6. The van der Waals surface area contributed by atoms with Crippen LogP contribution in [-0.2, 0) is 12.8 Å². The third kappa shape index (κ3) is 20.2. The van der Waals surface area contributed by atoms with E-state index in [4.69, 9.17) is 6.58 Å². The lowest BCUT2D eigenvalue weighted by atomic mass is 9.84. The number of hydrogen-bond donors (Lipinski definition) is 0. The van der Waals surface area contributed by atoms with Gasteiger partial charge in [-0.2, -0.15) is 0 Å². The van der Waals surface area contributed by atoms with Crippen molar-refractivity contribution in [1.82, 2.24) is 8.80 Å². The van der Waals surface area contributed by atoms with Crippen LogP contribution < -0.4 is 10.9 Å². The van der Waals surface area contributed by atoms with Crippen LogP contribution in [0.1, 0.15) is 296 Å². The summed E-state index contributed by atoms with van der Waals surface area (Å²) in [7, 11) is 0. The number of nitrogens with zero attached hydrogens (tertiary/aromatic N) is 2. The molecule has 0 bridgehead atoms. The van der Waals surface area contributed by atoms with E-state index in [2.05, 4.69) is 68.8 Å². The van der Waals surface area contributed by atoms with Crippen LogP contribution in [0.4, 0.5) is 0 Å². The van der Waals surface area contributed by atoms with Gasteiger partial charge in [-0.3, -0.25) is 9.20 Å². The van der Waals surface area contributed by atoms with E-state index in [1.807, 2.05) is 4.40 Å². The Hall–Kier alpha value is -2.55. The highest BCUT2D eigenvalue weighted by molar-refractivity contribution is 5.96. The Balaban J connectivity index is 1.57. The van der Waals surface area contributed by atoms with Gasteiger partial charge in [0.15, 0.2) is 0 Å². The lowest BCUT2D eigenvalue weighted by Gasteiger charge is -2.23. The molecule has 4 heterocycles. The van der Waals surface area contributed by atoms with Crippen LogP contribution in [0, 0.1) is 11.8 Å². The van der Waals surface area contributed by atoms with Crippen molar-refractivity contribution in [2.75, 3.05) is 0 Å². The van der Waals surface area contributed by atoms with Crippen molar-refractivity contribution in [3.63, 3.8) is 0 Å². The molecule has 2 unspecified atom stereocenters. The van der Waals surface area contributed by atoms with Crippen molar-refractivity contribution in [3.8, 4) is 0 Å². The number of fused-ring (bicyclic) bond motifs is 3. The van der Waals surface area contributed by atoms with E-state index in [9.17, 15) is 4.79 Å². The van der Waals surface area contributed by atoms with E-state index in [1.54, 1.807) is 0 Å². The van der Waals surface area contributed by atoms with Crippen molar-refractivity contribution in [2.45, 2.75) is 297 Å². The van der Waals surface area contributed by atoms with Gasteiger partial charge in [0.05, 0.1) is 10.9 Å². The van der Waals surface area contributed by atoms with Gasteiger partial charge in [-0.15, -0.1) is 0 Å². The quantitative estimate of drug-likeness (QED) is 0.0406. The number of unbranched alkanes of at least 4 members (excludes halogenated alkanes) is 32. The molecule has 0 aliphatic carbocycles. The van der Waals surface area contributed by atoms with Gasteiger partial charge in [-0.25, -0.2) is 0 Å². The molecular formula is C63H106N2O. The van der Waals surface area contributed by atoms with Crippen LogP contribution in [0.15, 0.2) is 41.5 Å². The molecule has 0 amide bonds. The van der Waals surface area contributed by atoms with Crippen molar-refractivity contribution in [3.05, 3.63) is 63.5 Å². The molecule has 4 rings (SSSR count). The predicted octanol–water partition coefficient (Wildman–Crippen LogP) is 19.8. The highest BCUT2D eigenvalue weighted by Crippen LogP contribution is 2.33. The second-order valence-electron chi connectivity index (χ2n) is 21.6. The van der Waals surface area contributed by atoms with Crippen molar-refractivity contribution in [1.29, 1.82) is 0 Å². The van der Waals surface area contributed by atoms with Crippen LogP contribution in [-0.4, -0.2) is 8.80 Å². The largest absolute Gasteiger partial charge is 0.317 e. The van der Waals surface area contributed by atoms with E-state index < -0.39 is 0 Å². The molecule has 0 saturated carbocycles. The Morgan fingerprint density at radius 3 is 0.985 bits per heavy atom. The topological polar surface area (TPSA) is 25.9 Å². The molecule has 374 valence electrons. The summed E-state index contributed by atoms with van der Waals surface area (Å²) in [4.78, 5) is 15.0. The zero-order chi connectivity index (χ0) is 46.9. The van der Waals surface area contributed by atoms with Gasteiger partial charge in [0.25, 0.3) is 5.56 Å². The second kappa shape index (κ2) is 35.5. The lowest BCUT2D eigenvalue weighted by molar-refractivity contribution is 0.400. The number of rotatable bonds is 44. The monoisotopic (exact) mass is 907 g/mol. The summed E-state index contributed by atoms with van der Waals surface area (Å²) >= 11 is 0. The second-order valence-corrected chi connectivity index (χ2v) is 21.6.